The first-order valence-electron chi connectivity index (χ1n) is 8.08. The highest BCUT2D eigenvalue weighted by molar-refractivity contribution is 7.99. The monoisotopic (exact) mass is 369 g/mol. The number of anilines is 1. The Kier molecular flexibility index (Phi) is 5.85. The van der Waals surface area contributed by atoms with Crippen molar-refractivity contribution in [2.45, 2.75) is 11.6 Å². The van der Waals surface area contributed by atoms with Crippen LogP contribution in [0.3, 0.4) is 0 Å². The molecule has 1 aromatic heterocycles. The highest BCUT2D eigenvalue weighted by atomic mass is 32.2. The molecule has 0 bridgehead atoms. The van der Waals surface area contributed by atoms with Crippen molar-refractivity contribution in [2.75, 3.05) is 17.7 Å². The SMILES string of the molecule is CN(C(=O)CCSc1nnnn1C)c1ccc(Oc2ccccc2)cc1. The molecule has 0 spiro atoms. The number of tetrazole rings is 1. The van der Waals surface area contributed by atoms with E-state index in [0.29, 0.717) is 17.3 Å². The molecule has 0 N–H and O–H groups in total. The highest BCUT2D eigenvalue weighted by Crippen LogP contribution is 2.24. The molecule has 1 heterocycles. The van der Waals surface area contributed by atoms with Gasteiger partial charge in [0.2, 0.25) is 11.1 Å². The lowest BCUT2D eigenvalue weighted by atomic mass is 10.2. The second-order valence-electron chi connectivity index (χ2n) is 5.55. The van der Waals surface area contributed by atoms with Crippen molar-refractivity contribution in [3.63, 3.8) is 0 Å². The highest BCUT2D eigenvalue weighted by Gasteiger charge is 2.12. The summed E-state index contributed by atoms with van der Waals surface area (Å²) in [6, 6.07) is 17.0. The van der Waals surface area contributed by atoms with Crippen molar-refractivity contribution in [3.05, 3.63) is 54.6 Å². The Balaban J connectivity index is 1.52. The zero-order chi connectivity index (χ0) is 18.4. The summed E-state index contributed by atoms with van der Waals surface area (Å²) in [6.07, 6.45) is 0.399. The molecule has 8 heteroatoms. The van der Waals surface area contributed by atoms with E-state index in [4.69, 9.17) is 4.74 Å². The number of thioether (sulfide) groups is 1. The van der Waals surface area contributed by atoms with E-state index in [0.717, 1.165) is 17.2 Å². The van der Waals surface area contributed by atoms with Crippen LogP contribution in [0.25, 0.3) is 0 Å². The fourth-order valence-corrected chi connectivity index (χ4v) is 3.02. The van der Waals surface area contributed by atoms with Crippen LogP contribution in [0, 0.1) is 0 Å². The summed E-state index contributed by atoms with van der Waals surface area (Å²) < 4.78 is 7.35. The van der Waals surface area contributed by atoms with Gasteiger partial charge in [0, 0.05) is 32.0 Å². The number of carbonyl (C=O) groups excluding carboxylic acids is 1. The van der Waals surface area contributed by atoms with E-state index in [1.165, 1.54) is 11.8 Å². The van der Waals surface area contributed by atoms with Crippen LogP contribution < -0.4 is 9.64 Å². The van der Waals surface area contributed by atoms with Crippen LogP contribution in [0.2, 0.25) is 0 Å². The van der Waals surface area contributed by atoms with Gasteiger partial charge in [-0.2, -0.15) is 0 Å². The third-order valence-corrected chi connectivity index (χ3v) is 4.72. The van der Waals surface area contributed by atoms with Gasteiger partial charge >= 0.3 is 0 Å². The van der Waals surface area contributed by atoms with E-state index in [-0.39, 0.29) is 5.91 Å². The van der Waals surface area contributed by atoms with Crippen molar-refractivity contribution >= 4 is 23.4 Å². The van der Waals surface area contributed by atoms with Gasteiger partial charge in [0.1, 0.15) is 11.5 Å². The van der Waals surface area contributed by atoms with E-state index in [9.17, 15) is 4.79 Å². The molecule has 3 rings (SSSR count). The van der Waals surface area contributed by atoms with E-state index in [1.54, 1.807) is 23.7 Å². The minimum atomic E-state index is 0.0318. The lowest BCUT2D eigenvalue weighted by molar-refractivity contribution is -0.117. The van der Waals surface area contributed by atoms with E-state index >= 15 is 0 Å². The van der Waals surface area contributed by atoms with E-state index in [1.807, 2.05) is 54.6 Å². The van der Waals surface area contributed by atoms with Crippen LogP contribution in [0.15, 0.2) is 59.8 Å². The molecular weight excluding hydrogens is 350 g/mol. The molecule has 0 radical (unpaired) electrons. The molecular formula is C18H19N5O2S. The number of hydrogen-bond donors (Lipinski definition) is 0. The first kappa shape index (κ1) is 17.9. The van der Waals surface area contributed by atoms with Gasteiger partial charge in [-0.3, -0.25) is 4.79 Å². The maximum absolute atomic E-state index is 12.4. The number of nitrogens with zero attached hydrogens (tertiary/aromatic N) is 5. The predicted molar refractivity (Wildman–Crippen MR) is 101 cm³/mol. The summed E-state index contributed by atoms with van der Waals surface area (Å²) in [4.78, 5) is 14.0. The molecule has 1 amide bonds. The standard InChI is InChI=1S/C18H19N5O2S/c1-22(17(24)12-13-26-18-19-20-21-23(18)2)14-8-10-16(11-9-14)25-15-6-4-3-5-7-15/h3-11H,12-13H2,1-2H3. The zero-order valence-electron chi connectivity index (χ0n) is 14.6. The van der Waals surface area contributed by atoms with Crippen molar-refractivity contribution in [3.8, 4) is 11.5 Å². The van der Waals surface area contributed by atoms with Gasteiger partial charge in [0.25, 0.3) is 0 Å². The number of ether oxygens (including phenoxy) is 1. The lowest BCUT2D eigenvalue weighted by Crippen LogP contribution is -2.26. The molecule has 3 aromatic rings. The van der Waals surface area contributed by atoms with Gasteiger partial charge in [-0.05, 0) is 46.8 Å². The van der Waals surface area contributed by atoms with Crippen molar-refractivity contribution in [1.82, 2.24) is 20.2 Å². The number of para-hydroxylation sites is 1. The molecule has 0 aliphatic heterocycles. The van der Waals surface area contributed by atoms with Crippen LogP contribution in [-0.2, 0) is 11.8 Å². The summed E-state index contributed by atoms with van der Waals surface area (Å²) >= 11 is 1.46. The normalized spacial score (nSPS) is 10.5. The molecule has 26 heavy (non-hydrogen) atoms. The van der Waals surface area contributed by atoms with Crippen LogP contribution in [0.1, 0.15) is 6.42 Å². The zero-order valence-corrected chi connectivity index (χ0v) is 15.4. The number of aromatic nitrogens is 4. The Hall–Kier alpha value is -2.87. The second kappa shape index (κ2) is 8.48. The summed E-state index contributed by atoms with van der Waals surface area (Å²) in [5, 5.41) is 11.9. The Bertz CT molecular complexity index is 852. The minimum absolute atomic E-state index is 0.0318. The average molecular weight is 369 g/mol. The predicted octanol–water partition coefficient (Wildman–Crippen LogP) is 3.15. The minimum Gasteiger partial charge on any atom is -0.457 e. The van der Waals surface area contributed by atoms with Crippen LogP contribution in [0.4, 0.5) is 5.69 Å². The van der Waals surface area contributed by atoms with Gasteiger partial charge in [-0.1, -0.05) is 30.0 Å². The molecule has 0 atom stereocenters. The maximum atomic E-state index is 12.4. The van der Waals surface area contributed by atoms with Gasteiger partial charge in [-0.15, -0.1) is 5.10 Å². The lowest BCUT2D eigenvalue weighted by Gasteiger charge is -2.17. The first-order chi connectivity index (χ1) is 12.6. The number of benzene rings is 2. The van der Waals surface area contributed by atoms with E-state index in [2.05, 4.69) is 15.5 Å². The molecule has 0 saturated heterocycles. The summed E-state index contributed by atoms with van der Waals surface area (Å²) in [5.74, 6) is 2.16. The van der Waals surface area contributed by atoms with Gasteiger partial charge < -0.3 is 9.64 Å². The Labute approximate surface area is 156 Å². The van der Waals surface area contributed by atoms with E-state index < -0.39 is 0 Å². The molecule has 0 fully saturated rings. The quantitative estimate of drug-likeness (QED) is 0.596. The number of carbonyl (C=O) groups is 1. The van der Waals surface area contributed by atoms with Crippen molar-refractivity contribution in [1.29, 1.82) is 0 Å². The molecule has 0 unspecified atom stereocenters. The Morgan fingerprint density at radius 3 is 2.46 bits per heavy atom. The molecule has 0 aliphatic carbocycles. The fraction of sp³-hybridized carbons (Fsp3) is 0.222. The number of hydrogen-bond acceptors (Lipinski definition) is 6. The van der Waals surface area contributed by atoms with Crippen molar-refractivity contribution < 1.29 is 9.53 Å². The number of aryl methyl sites for hydroxylation is 1. The van der Waals surface area contributed by atoms with Crippen LogP contribution >= 0.6 is 11.8 Å². The van der Waals surface area contributed by atoms with Gasteiger partial charge in [0.15, 0.2) is 0 Å². The van der Waals surface area contributed by atoms with Gasteiger partial charge in [-0.25, -0.2) is 4.68 Å². The van der Waals surface area contributed by atoms with Crippen molar-refractivity contribution in [2.24, 2.45) is 7.05 Å². The molecule has 2 aromatic carbocycles. The molecule has 0 saturated carbocycles. The van der Waals surface area contributed by atoms with Gasteiger partial charge in [0.05, 0.1) is 0 Å². The molecule has 7 nitrogen and oxygen atoms in total. The second-order valence-corrected chi connectivity index (χ2v) is 6.61. The number of amides is 1. The van der Waals surface area contributed by atoms with Crippen LogP contribution in [-0.4, -0.2) is 38.9 Å². The topological polar surface area (TPSA) is 73.1 Å². The summed E-state index contributed by atoms with van der Waals surface area (Å²) in [7, 11) is 3.54. The average Bonchev–Trinajstić information content (AvgIpc) is 3.07. The maximum Gasteiger partial charge on any atom is 0.227 e. The third-order valence-electron chi connectivity index (χ3n) is 3.71. The number of rotatable bonds is 7. The third kappa shape index (κ3) is 4.60. The fourth-order valence-electron chi connectivity index (χ4n) is 2.25. The first-order valence-corrected chi connectivity index (χ1v) is 9.07. The summed E-state index contributed by atoms with van der Waals surface area (Å²) in [6.45, 7) is 0. The Morgan fingerprint density at radius 1 is 1.12 bits per heavy atom. The molecule has 0 aliphatic rings. The Morgan fingerprint density at radius 2 is 1.81 bits per heavy atom. The summed E-state index contributed by atoms with van der Waals surface area (Å²) in [5.41, 5.74) is 0.820. The van der Waals surface area contributed by atoms with Crippen LogP contribution in [0.5, 0.6) is 11.5 Å². The largest absolute Gasteiger partial charge is 0.457 e. The smallest absolute Gasteiger partial charge is 0.227 e. The molecule has 134 valence electrons.